The number of likely N-dealkylation sites (tertiary alicyclic amines) is 1. The van der Waals surface area contributed by atoms with Gasteiger partial charge < -0.3 is 4.90 Å². The first kappa shape index (κ1) is 17.1. The van der Waals surface area contributed by atoms with E-state index in [1.165, 1.54) is 19.2 Å². The van der Waals surface area contributed by atoms with Crippen molar-refractivity contribution in [2.45, 2.75) is 52.7 Å². The first-order valence-electron chi connectivity index (χ1n) is 9.34. The van der Waals surface area contributed by atoms with Crippen LogP contribution in [0.4, 0.5) is 0 Å². The Morgan fingerprint density at radius 2 is 1.88 bits per heavy atom. The second kappa shape index (κ2) is 7.11. The summed E-state index contributed by atoms with van der Waals surface area (Å²) < 4.78 is 1.97. The molecule has 4 heterocycles. The van der Waals surface area contributed by atoms with E-state index in [9.17, 15) is 4.79 Å². The van der Waals surface area contributed by atoms with Gasteiger partial charge in [0, 0.05) is 30.9 Å². The third-order valence-corrected chi connectivity index (χ3v) is 5.45. The molecule has 0 spiro atoms. The smallest absolute Gasteiger partial charge is 0.273 e. The number of aromatic nitrogens is 5. The number of fused-ring (bicyclic) bond motifs is 1. The van der Waals surface area contributed by atoms with Crippen molar-refractivity contribution in [1.82, 2.24) is 34.8 Å². The van der Waals surface area contributed by atoms with Gasteiger partial charge in [0.15, 0.2) is 0 Å². The van der Waals surface area contributed by atoms with Crippen LogP contribution in [0, 0.1) is 13.8 Å². The second-order valence-electron chi connectivity index (χ2n) is 7.20. The van der Waals surface area contributed by atoms with Crippen LogP contribution in [0.1, 0.15) is 52.4 Å². The fraction of sp³-hybridized carbons (Fsp3) is 0.611. The van der Waals surface area contributed by atoms with E-state index < -0.39 is 0 Å². The SMILES string of the molecule is Cc1ncnc(C(=O)N2CCCn3nnc(CN4CCCC4)c3C2)c1C. The Morgan fingerprint density at radius 3 is 2.69 bits per heavy atom. The van der Waals surface area contributed by atoms with Crippen molar-refractivity contribution >= 4 is 5.91 Å². The van der Waals surface area contributed by atoms with Gasteiger partial charge in [0.1, 0.15) is 17.7 Å². The van der Waals surface area contributed by atoms with Gasteiger partial charge in [-0.15, -0.1) is 5.10 Å². The summed E-state index contributed by atoms with van der Waals surface area (Å²) in [5.74, 6) is -0.0326. The molecule has 8 heteroatoms. The molecule has 0 unspecified atom stereocenters. The van der Waals surface area contributed by atoms with Crippen molar-refractivity contribution in [3.63, 3.8) is 0 Å². The van der Waals surface area contributed by atoms with E-state index in [-0.39, 0.29) is 5.91 Å². The highest BCUT2D eigenvalue weighted by molar-refractivity contribution is 5.93. The molecule has 1 fully saturated rings. The summed E-state index contributed by atoms with van der Waals surface area (Å²) >= 11 is 0. The maximum atomic E-state index is 13.1. The summed E-state index contributed by atoms with van der Waals surface area (Å²) in [5, 5.41) is 8.74. The highest BCUT2D eigenvalue weighted by atomic mass is 16.2. The summed E-state index contributed by atoms with van der Waals surface area (Å²) in [5.41, 5.74) is 4.26. The Hall–Kier alpha value is -2.35. The number of carbonyl (C=O) groups is 1. The highest BCUT2D eigenvalue weighted by Gasteiger charge is 2.27. The van der Waals surface area contributed by atoms with Gasteiger partial charge in [0.25, 0.3) is 5.91 Å². The van der Waals surface area contributed by atoms with Gasteiger partial charge >= 0.3 is 0 Å². The Bertz CT molecular complexity index is 810. The van der Waals surface area contributed by atoms with Gasteiger partial charge in [-0.05, 0) is 46.2 Å². The molecule has 0 aliphatic carbocycles. The molecule has 0 aromatic carbocycles. The first-order chi connectivity index (χ1) is 12.6. The van der Waals surface area contributed by atoms with Crippen molar-refractivity contribution < 1.29 is 4.79 Å². The molecule has 2 aliphatic heterocycles. The molecule has 1 saturated heterocycles. The lowest BCUT2D eigenvalue weighted by Gasteiger charge is -2.21. The molecule has 0 saturated carbocycles. The molecule has 4 rings (SSSR count). The second-order valence-corrected chi connectivity index (χ2v) is 7.20. The Kier molecular flexibility index (Phi) is 4.67. The molecule has 0 N–H and O–H groups in total. The van der Waals surface area contributed by atoms with Crippen LogP contribution in [-0.2, 0) is 19.6 Å². The zero-order valence-corrected chi connectivity index (χ0v) is 15.5. The lowest BCUT2D eigenvalue weighted by atomic mass is 10.1. The van der Waals surface area contributed by atoms with Gasteiger partial charge in [-0.25, -0.2) is 14.6 Å². The number of carbonyl (C=O) groups excluding carboxylic acids is 1. The molecular weight excluding hydrogens is 330 g/mol. The number of amides is 1. The normalized spacial score (nSPS) is 18.0. The largest absolute Gasteiger partial charge is 0.331 e. The fourth-order valence-electron chi connectivity index (χ4n) is 3.74. The number of hydrogen-bond acceptors (Lipinski definition) is 6. The molecule has 1 amide bonds. The molecule has 0 atom stereocenters. The molecular formula is C18H25N7O. The summed E-state index contributed by atoms with van der Waals surface area (Å²) in [6, 6.07) is 0. The topological polar surface area (TPSA) is 80.0 Å². The van der Waals surface area contributed by atoms with Gasteiger partial charge in [-0.1, -0.05) is 5.21 Å². The summed E-state index contributed by atoms with van der Waals surface area (Å²) in [6.07, 6.45) is 4.84. The van der Waals surface area contributed by atoms with Crippen molar-refractivity contribution in [3.8, 4) is 0 Å². The lowest BCUT2D eigenvalue weighted by Crippen LogP contribution is -2.32. The van der Waals surface area contributed by atoms with Gasteiger partial charge in [0.05, 0.1) is 12.2 Å². The van der Waals surface area contributed by atoms with Gasteiger partial charge in [0.2, 0.25) is 0 Å². The van der Waals surface area contributed by atoms with Crippen LogP contribution in [0.2, 0.25) is 0 Å². The van der Waals surface area contributed by atoms with Crippen LogP contribution in [0.5, 0.6) is 0 Å². The van der Waals surface area contributed by atoms with Gasteiger partial charge in [-0.3, -0.25) is 9.69 Å². The minimum Gasteiger partial charge on any atom is -0.331 e. The van der Waals surface area contributed by atoms with Crippen LogP contribution in [0.25, 0.3) is 0 Å². The van der Waals surface area contributed by atoms with E-state index in [4.69, 9.17) is 0 Å². The molecule has 138 valence electrons. The molecule has 2 aliphatic rings. The van der Waals surface area contributed by atoms with Crippen molar-refractivity contribution in [1.29, 1.82) is 0 Å². The van der Waals surface area contributed by atoms with Gasteiger partial charge in [-0.2, -0.15) is 0 Å². The van der Waals surface area contributed by atoms with Crippen LogP contribution < -0.4 is 0 Å². The molecule has 2 aromatic heterocycles. The monoisotopic (exact) mass is 355 g/mol. The number of hydrogen-bond donors (Lipinski definition) is 0. The van der Waals surface area contributed by atoms with Crippen LogP contribution in [0.3, 0.4) is 0 Å². The Balaban J connectivity index is 1.58. The molecule has 0 bridgehead atoms. The molecule has 0 radical (unpaired) electrons. The van der Waals surface area contributed by atoms with Crippen LogP contribution in [0.15, 0.2) is 6.33 Å². The summed E-state index contributed by atoms with van der Waals surface area (Å²) in [7, 11) is 0. The van der Waals surface area contributed by atoms with Crippen molar-refractivity contribution in [2.24, 2.45) is 0 Å². The fourth-order valence-corrected chi connectivity index (χ4v) is 3.74. The Morgan fingerprint density at radius 1 is 1.08 bits per heavy atom. The number of aryl methyl sites for hydroxylation is 2. The molecule has 8 nitrogen and oxygen atoms in total. The minimum atomic E-state index is -0.0326. The molecule has 2 aromatic rings. The van der Waals surface area contributed by atoms with Crippen LogP contribution in [-0.4, -0.2) is 60.3 Å². The zero-order chi connectivity index (χ0) is 18.1. The maximum Gasteiger partial charge on any atom is 0.273 e. The van der Waals surface area contributed by atoms with E-state index in [1.807, 2.05) is 23.4 Å². The average molecular weight is 355 g/mol. The van der Waals surface area contributed by atoms with E-state index >= 15 is 0 Å². The minimum absolute atomic E-state index is 0.0326. The average Bonchev–Trinajstić information content (AvgIpc) is 3.22. The summed E-state index contributed by atoms with van der Waals surface area (Å²) in [6.45, 7) is 8.92. The maximum absolute atomic E-state index is 13.1. The zero-order valence-electron chi connectivity index (χ0n) is 15.5. The predicted molar refractivity (Wildman–Crippen MR) is 95.4 cm³/mol. The van der Waals surface area contributed by atoms with E-state index in [2.05, 4.69) is 25.2 Å². The van der Waals surface area contributed by atoms with E-state index in [1.54, 1.807) is 0 Å². The number of rotatable bonds is 3. The lowest BCUT2D eigenvalue weighted by molar-refractivity contribution is 0.0738. The van der Waals surface area contributed by atoms with E-state index in [0.29, 0.717) is 18.8 Å². The van der Waals surface area contributed by atoms with E-state index in [0.717, 1.165) is 55.2 Å². The highest BCUT2D eigenvalue weighted by Crippen LogP contribution is 2.20. The quantitative estimate of drug-likeness (QED) is 0.826. The number of nitrogens with zero attached hydrogens (tertiary/aromatic N) is 7. The predicted octanol–water partition coefficient (Wildman–Crippen LogP) is 1.33. The summed E-state index contributed by atoms with van der Waals surface area (Å²) in [4.78, 5) is 25.8. The third-order valence-electron chi connectivity index (χ3n) is 5.45. The Labute approximate surface area is 153 Å². The standard InChI is InChI=1S/C18H25N7O/c1-13-14(2)19-12-20-17(13)18(26)24-8-5-9-25-16(11-24)15(21-22-25)10-23-6-3-4-7-23/h12H,3-11H2,1-2H3. The van der Waals surface area contributed by atoms with Crippen LogP contribution >= 0.6 is 0 Å². The van der Waals surface area contributed by atoms with Crippen molar-refractivity contribution in [2.75, 3.05) is 19.6 Å². The third kappa shape index (κ3) is 3.21. The molecule has 26 heavy (non-hydrogen) atoms. The van der Waals surface area contributed by atoms with Crippen molar-refractivity contribution in [3.05, 3.63) is 34.7 Å². The first-order valence-corrected chi connectivity index (χ1v) is 9.34.